The quantitative estimate of drug-likeness (QED) is 0.849. The largest absolute Gasteiger partial charge is 0.300 e. The lowest BCUT2D eigenvalue weighted by atomic mass is 10.2. The van der Waals surface area contributed by atoms with Crippen LogP contribution in [0.25, 0.3) is 0 Å². The number of carbonyl (C=O) groups excluding carboxylic acids is 1. The van der Waals surface area contributed by atoms with E-state index < -0.39 is 0 Å². The number of aromatic nitrogens is 3. The van der Waals surface area contributed by atoms with Crippen LogP contribution in [0.5, 0.6) is 0 Å². The molecule has 5 nitrogen and oxygen atoms in total. The van der Waals surface area contributed by atoms with Crippen molar-refractivity contribution in [3.05, 3.63) is 41.3 Å². The van der Waals surface area contributed by atoms with E-state index in [0.29, 0.717) is 12.2 Å². The summed E-state index contributed by atoms with van der Waals surface area (Å²) in [5, 5.41) is 4.10. The SMILES string of the molecule is CN(C(=O)CCCn1cccn1)c1cc(Br)ccn1. The summed E-state index contributed by atoms with van der Waals surface area (Å²) in [6.45, 7) is 0.749. The Bertz CT molecular complexity index is 541. The molecule has 2 aromatic rings. The van der Waals surface area contributed by atoms with Crippen molar-refractivity contribution in [2.75, 3.05) is 11.9 Å². The second-order valence-electron chi connectivity index (χ2n) is 4.16. The highest BCUT2D eigenvalue weighted by atomic mass is 79.9. The van der Waals surface area contributed by atoms with Gasteiger partial charge in [-0.3, -0.25) is 14.4 Å². The maximum absolute atomic E-state index is 12.0. The van der Waals surface area contributed by atoms with Gasteiger partial charge in [-0.2, -0.15) is 5.10 Å². The molecule has 1 amide bonds. The Balaban J connectivity index is 1.85. The molecule has 0 bridgehead atoms. The van der Waals surface area contributed by atoms with Crippen molar-refractivity contribution in [2.45, 2.75) is 19.4 Å². The van der Waals surface area contributed by atoms with Crippen molar-refractivity contribution < 1.29 is 4.79 Å². The average molecular weight is 323 g/mol. The summed E-state index contributed by atoms with van der Waals surface area (Å²) in [6.07, 6.45) is 6.54. The number of anilines is 1. The van der Waals surface area contributed by atoms with Crippen LogP contribution in [0, 0.1) is 0 Å². The van der Waals surface area contributed by atoms with Gasteiger partial charge >= 0.3 is 0 Å². The first kappa shape index (κ1) is 13.7. The molecule has 0 fully saturated rings. The molecule has 19 heavy (non-hydrogen) atoms. The standard InChI is InChI=1S/C13H15BrN4O/c1-17(12-10-11(14)5-7-15-12)13(19)4-2-8-18-9-3-6-16-18/h3,5-7,9-10H,2,4,8H2,1H3. The number of halogens is 1. The fourth-order valence-electron chi connectivity index (χ4n) is 1.70. The zero-order valence-electron chi connectivity index (χ0n) is 10.7. The normalized spacial score (nSPS) is 10.4. The zero-order chi connectivity index (χ0) is 13.7. The fraction of sp³-hybridized carbons (Fsp3) is 0.308. The van der Waals surface area contributed by atoms with Gasteiger partial charge in [0.2, 0.25) is 5.91 Å². The topological polar surface area (TPSA) is 51.0 Å². The van der Waals surface area contributed by atoms with Crippen molar-refractivity contribution in [3.8, 4) is 0 Å². The van der Waals surface area contributed by atoms with E-state index >= 15 is 0 Å². The Morgan fingerprint density at radius 1 is 1.47 bits per heavy atom. The van der Waals surface area contributed by atoms with E-state index in [1.807, 2.05) is 29.1 Å². The van der Waals surface area contributed by atoms with Gasteiger partial charge < -0.3 is 0 Å². The highest BCUT2D eigenvalue weighted by Gasteiger charge is 2.11. The van der Waals surface area contributed by atoms with Gasteiger partial charge in [0.05, 0.1) is 0 Å². The molecule has 6 heteroatoms. The third-order valence-electron chi connectivity index (χ3n) is 2.76. The van der Waals surface area contributed by atoms with Gasteiger partial charge in [0.15, 0.2) is 0 Å². The van der Waals surface area contributed by atoms with Crippen LogP contribution in [0.15, 0.2) is 41.3 Å². The third-order valence-corrected chi connectivity index (χ3v) is 3.26. The summed E-state index contributed by atoms with van der Waals surface area (Å²) in [5.74, 6) is 0.705. The van der Waals surface area contributed by atoms with Gasteiger partial charge in [0.25, 0.3) is 0 Å². The molecule has 0 radical (unpaired) electrons. The minimum absolute atomic E-state index is 0.0535. The number of pyridine rings is 1. The molecule has 0 atom stereocenters. The lowest BCUT2D eigenvalue weighted by Gasteiger charge is -2.16. The van der Waals surface area contributed by atoms with Crippen molar-refractivity contribution in [2.24, 2.45) is 0 Å². The molecule has 0 aromatic carbocycles. The van der Waals surface area contributed by atoms with E-state index in [0.717, 1.165) is 17.4 Å². The minimum atomic E-state index is 0.0535. The number of amides is 1. The number of nitrogens with zero attached hydrogens (tertiary/aromatic N) is 4. The lowest BCUT2D eigenvalue weighted by Crippen LogP contribution is -2.27. The Kier molecular flexibility index (Phi) is 4.68. The van der Waals surface area contributed by atoms with Crippen LogP contribution in [0.2, 0.25) is 0 Å². The third kappa shape index (κ3) is 3.89. The van der Waals surface area contributed by atoms with Crippen LogP contribution in [0.4, 0.5) is 5.82 Å². The van der Waals surface area contributed by atoms with Crippen molar-refractivity contribution in [1.29, 1.82) is 0 Å². The first-order valence-electron chi connectivity index (χ1n) is 6.02. The van der Waals surface area contributed by atoms with Gasteiger partial charge in [0, 0.05) is 43.1 Å². The summed E-state index contributed by atoms with van der Waals surface area (Å²) >= 11 is 3.37. The molecule has 0 spiro atoms. The first-order valence-corrected chi connectivity index (χ1v) is 6.81. The van der Waals surface area contributed by atoms with E-state index in [1.54, 1.807) is 24.3 Å². The summed E-state index contributed by atoms with van der Waals surface area (Å²) in [4.78, 5) is 17.8. The number of rotatable bonds is 5. The highest BCUT2D eigenvalue weighted by molar-refractivity contribution is 9.10. The van der Waals surface area contributed by atoms with Crippen LogP contribution in [0.3, 0.4) is 0 Å². The molecule has 0 unspecified atom stereocenters. The molecular weight excluding hydrogens is 308 g/mol. The highest BCUT2D eigenvalue weighted by Crippen LogP contribution is 2.16. The average Bonchev–Trinajstić information content (AvgIpc) is 2.91. The second kappa shape index (κ2) is 6.47. The van der Waals surface area contributed by atoms with Crippen LogP contribution in [-0.2, 0) is 11.3 Å². The van der Waals surface area contributed by atoms with E-state index in [-0.39, 0.29) is 5.91 Å². The number of aryl methyl sites for hydroxylation is 1. The van der Waals surface area contributed by atoms with Gasteiger partial charge in [-0.05, 0) is 24.6 Å². The van der Waals surface area contributed by atoms with Crippen molar-refractivity contribution >= 4 is 27.7 Å². The van der Waals surface area contributed by atoms with Crippen LogP contribution < -0.4 is 4.90 Å². The van der Waals surface area contributed by atoms with Gasteiger partial charge in [0.1, 0.15) is 5.82 Å². The van der Waals surface area contributed by atoms with Gasteiger partial charge in [-0.25, -0.2) is 4.98 Å². The van der Waals surface area contributed by atoms with E-state index in [1.165, 1.54) is 0 Å². The maximum Gasteiger partial charge on any atom is 0.227 e. The minimum Gasteiger partial charge on any atom is -0.300 e. The summed E-state index contributed by atoms with van der Waals surface area (Å²) in [6, 6.07) is 5.53. The van der Waals surface area contributed by atoms with Gasteiger partial charge in [-0.1, -0.05) is 15.9 Å². The van der Waals surface area contributed by atoms with E-state index in [4.69, 9.17) is 0 Å². The molecule has 0 aliphatic carbocycles. The predicted molar refractivity (Wildman–Crippen MR) is 76.8 cm³/mol. The molecule has 2 aromatic heterocycles. The first-order chi connectivity index (χ1) is 9.16. The Labute approximate surface area is 120 Å². The fourth-order valence-corrected chi connectivity index (χ4v) is 2.02. The summed E-state index contributed by atoms with van der Waals surface area (Å²) in [7, 11) is 1.74. The smallest absolute Gasteiger partial charge is 0.227 e. The zero-order valence-corrected chi connectivity index (χ0v) is 12.2. The van der Waals surface area contributed by atoms with Crippen LogP contribution in [-0.4, -0.2) is 27.7 Å². The molecule has 0 aliphatic heterocycles. The summed E-state index contributed by atoms with van der Waals surface area (Å²) in [5.41, 5.74) is 0. The molecule has 0 aliphatic rings. The molecule has 0 saturated heterocycles. The van der Waals surface area contributed by atoms with E-state index in [9.17, 15) is 4.79 Å². The van der Waals surface area contributed by atoms with Crippen LogP contribution >= 0.6 is 15.9 Å². The molecule has 0 saturated carbocycles. The maximum atomic E-state index is 12.0. The molecular formula is C13H15BrN4O. The van der Waals surface area contributed by atoms with Gasteiger partial charge in [-0.15, -0.1) is 0 Å². The number of hydrogen-bond donors (Lipinski definition) is 0. The summed E-state index contributed by atoms with van der Waals surface area (Å²) < 4.78 is 2.73. The lowest BCUT2D eigenvalue weighted by molar-refractivity contribution is -0.118. The molecule has 0 N–H and O–H groups in total. The van der Waals surface area contributed by atoms with Crippen molar-refractivity contribution in [3.63, 3.8) is 0 Å². The number of carbonyl (C=O) groups is 1. The number of hydrogen-bond acceptors (Lipinski definition) is 3. The molecule has 2 heterocycles. The molecule has 100 valence electrons. The van der Waals surface area contributed by atoms with E-state index in [2.05, 4.69) is 26.0 Å². The Morgan fingerprint density at radius 2 is 2.32 bits per heavy atom. The van der Waals surface area contributed by atoms with Crippen molar-refractivity contribution in [1.82, 2.24) is 14.8 Å². The second-order valence-corrected chi connectivity index (χ2v) is 5.07. The molecule has 2 rings (SSSR count). The van der Waals surface area contributed by atoms with Crippen LogP contribution in [0.1, 0.15) is 12.8 Å². The Morgan fingerprint density at radius 3 is 3.00 bits per heavy atom. The Hall–Kier alpha value is -1.69. The predicted octanol–water partition coefficient (Wildman–Crippen LogP) is 2.48. The monoisotopic (exact) mass is 322 g/mol.